The van der Waals surface area contributed by atoms with Crippen molar-refractivity contribution in [2.75, 3.05) is 19.8 Å². The van der Waals surface area contributed by atoms with Gasteiger partial charge in [-0.25, -0.2) is 0 Å². The highest BCUT2D eigenvalue weighted by Gasteiger charge is 2.40. The predicted molar refractivity (Wildman–Crippen MR) is 104 cm³/mol. The molecule has 0 bridgehead atoms. The number of aliphatic hydroxyl groups is 3. The van der Waals surface area contributed by atoms with Gasteiger partial charge in [-0.3, -0.25) is 0 Å². The molecular formula is C21H40O5. The molecule has 1 fully saturated rings. The van der Waals surface area contributed by atoms with Crippen LogP contribution in [-0.2, 0) is 9.47 Å². The van der Waals surface area contributed by atoms with Crippen molar-refractivity contribution in [3.63, 3.8) is 0 Å². The van der Waals surface area contributed by atoms with Crippen molar-refractivity contribution in [3.8, 4) is 0 Å². The molecule has 4 atom stereocenters. The first-order valence-electron chi connectivity index (χ1n) is 10.6. The zero-order chi connectivity index (χ0) is 19.0. The molecule has 0 radical (unpaired) electrons. The van der Waals surface area contributed by atoms with Crippen LogP contribution in [0.3, 0.4) is 0 Å². The van der Waals surface area contributed by atoms with E-state index in [1.165, 1.54) is 64.2 Å². The first kappa shape index (κ1) is 23.6. The highest BCUT2D eigenvalue weighted by molar-refractivity contribution is 4.90. The predicted octanol–water partition coefficient (Wildman–Crippen LogP) is 3.35. The molecule has 0 amide bonds. The van der Waals surface area contributed by atoms with Crippen LogP contribution in [0.4, 0.5) is 0 Å². The Kier molecular flexibility index (Phi) is 14.1. The number of ether oxygens (including phenoxy) is 2. The highest BCUT2D eigenvalue weighted by atomic mass is 16.6. The molecule has 5 heteroatoms. The van der Waals surface area contributed by atoms with Crippen LogP contribution in [0.1, 0.15) is 77.6 Å². The Morgan fingerprint density at radius 2 is 1.62 bits per heavy atom. The largest absolute Gasteiger partial charge is 0.394 e. The molecule has 1 aliphatic heterocycles. The van der Waals surface area contributed by atoms with Crippen molar-refractivity contribution >= 4 is 0 Å². The summed E-state index contributed by atoms with van der Waals surface area (Å²) in [4.78, 5) is 0. The second kappa shape index (κ2) is 15.6. The monoisotopic (exact) mass is 372 g/mol. The van der Waals surface area contributed by atoms with Crippen LogP contribution >= 0.6 is 0 Å². The van der Waals surface area contributed by atoms with Gasteiger partial charge in [-0.05, 0) is 12.8 Å². The van der Waals surface area contributed by atoms with Gasteiger partial charge in [0.05, 0.1) is 19.8 Å². The van der Waals surface area contributed by atoms with Gasteiger partial charge in [0, 0.05) is 0 Å². The lowest BCUT2D eigenvalue weighted by Gasteiger charge is -2.20. The fourth-order valence-corrected chi connectivity index (χ4v) is 3.32. The van der Waals surface area contributed by atoms with Gasteiger partial charge in [-0.15, -0.1) is 0 Å². The van der Waals surface area contributed by atoms with Gasteiger partial charge in [0.15, 0.2) is 0 Å². The maximum absolute atomic E-state index is 10.0. The van der Waals surface area contributed by atoms with E-state index in [-0.39, 0.29) is 6.61 Å². The van der Waals surface area contributed by atoms with Gasteiger partial charge in [-0.1, -0.05) is 76.9 Å². The van der Waals surface area contributed by atoms with E-state index in [4.69, 9.17) is 14.6 Å². The van der Waals surface area contributed by atoms with E-state index in [0.29, 0.717) is 6.61 Å². The molecule has 0 unspecified atom stereocenters. The minimum Gasteiger partial charge on any atom is -0.394 e. The molecular weight excluding hydrogens is 332 g/mol. The molecule has 0 saturated carbocycles. The second-order valence-corrected chi connectivity index (χ2v) is 7.35. The summed E-state index contributed by atoms with van der Waals surface area (Å²) in [7, 11) is 0. The normalized spacial score (nSPS) is 24.5. The van der Waals surface area contributed by atoms with Crippen molar-refractivity contribution in [1.29, 1.82) is 0 Å². The highest BCUT2D eigenvalue weighted by Crippen LogP contribution is 2.20. The summed E-state index contributed by atoms with van der Waals surface area (Å²) in [5.41, 5.74) is 0. The third kappa shape index (κ3) is 10.0. The molecule has 0 aromatic heterocycles. The van der Waals surface area contributed by atoms with Gasteiger partial charge in [-0.2, -0.15) is 0 Å². The molecule has 3 N–H and O–H groups in total. The fraction of sp³-hybridized carbons (Fsp3) is 0.905. The van der Waals surface area contributed by atoms with Crippen molar-refractivity contribution in [2.24, 2.45) is 0 Å². The summed E-state index contributed by atoms with van der Waals surface area (Å²) < 4.78 is 10.9. The van der Waals surface area contributed by atoms with Crippen LogP contribution in [-0.4, -0.2) is 59.6 Å². The van der Waals surface area contributed by atoms with Crippen LogP contribution < -0.4 is 0 Å². The fourth-order valence-electron chi connectivity index (χ4n) is 3.32. The lowest BCUT2D eigenvalue weighted by atomic mass is 10.1. The van der Waals surface area contributed by atoms with Crippen LogP contribution in [0, 0.1) is 0 Å². The lowest BCUT2D eigenvalue weighted by Crippen LogP contribution is -2.41. The Morgan fingerprint density at radius 1 is 1.00 bits per heavy atom. The van der Waals surface area contributed by atoms with Crippen molar-refractivity contribution < 1.29 is 24.8 Å². The number of hydrogen-bond donors (Lipinski definition) is 3. The standard InChI is InChI=1S/C21H40O5/c1-2-3-4-5-6-7-8-9-10-11-12-13-14-15-25-19-17-26-21(20(19)24)18(23)16-22/h13-14,18-24H,2-12,15-17H2,1H3/b14-13+/t18-,19+,20+,21+/m0/s1. The number of rotatable bonds is 16. The summed E-state index contributed by atoms with van der Waals surface area (Å²) >= 11 is 0. The van der Waals surface area contributed by atoms with Gasteiger partial charge in [0.2, 0.25) is 0 Å². The van der Waals surface area contributed by atoms with Gasteiger partial charge in [0.25, 0.3) is 0 Å². The van der Waals surface area contributed by atoms with Gasteiger partial charge < -0.3 is 24.8 Å². The van der Waals surface area contributed by atoms with Gasteiger partial charge >= 0.3 is 0 Å². The second-order valence-electron chi connectivity index (χ2n) is 7.35. The molecule has 0 aromatic carbocycles. The molecule has 1 heterocycles. The minimum atomic E-state index is -1.06. The Labute approximate surface area is 159 Å². The third-order valence-corrected chi connectivity index (χ3v) is 5.03. The smallest absolute Gasteiger partial charge is 0.114 e. The third-order valence-electron chi connectivity index (χ3n) is 5.03. The summed E-state index contributed by atoms with van der Waals surface area (Å²) in [5, 5.41) is 28.5. The Balaban J connectivity index is 1.91. The van der Waals surface area contributed by atoms with E-state index in [9.17, 15) is 10.2 Å². The zero-order valence-electron chi connectivity index (χ0n) is 16.5. The first-order chi connectivity index (χ1) is 12.7. The average molecular weight is 373 g/mol. The number of allylic oxidation sites excluding steroid dienone is 1. The summed E-state index contributed by atoms with van der Waals surface area (Å²) in [6.45, 7) is 2.51. The molecule has 1 rings (SSSR count). The minimum absolute atomic E-state index is 0.245. The van der Waals surface area contributed by atoms with E-state index in [1.807, 2.05) is 6.08 Å². The SMILES string of the molecule is CCCCCCCCCCCC/C=C/CO[C@@H]1CO[C@H]([C@@H](O)CO)[C@@H]1O. The van der Waals surface area contributed by atoms with E-state index >= 15 is 0 Å². The Bertz CT molecular complexity index is 347. The Hall–Kier alpha value is -0.460. The molecule has 1 saturated heterocycles. The summed E-state index contributed by atoms with van der Waals surface area (Å²) in [6, 6.07) is 0. The van der Waals surface area contributed by atoms with Crippen LogP contribution in [0.15, 0.2) is 12.2 Å². The van der Waals surface area contributed by atoms with Crippen LogP contribution in [0.5, 0.6) is 0 Å². The molecule has 154 valence electrons. The molecule has 5 nitrogen and oxygen atoms in total. The number of unbranched alkanes of at least 4 members (excludes halogenated alkanes) is 10. The summed E-state index contributed by atoms with van der Waals surface area (Å²) in [5.74, 6) is 0. The van der Waals surface area contributed by atoms with E-state index < -0.39 is 31.0 Å². The average Bonchev–Trinajstić information content (AvgIpc) is 3.02. The molecule has 0 aliphatic carbocycles. The van der Waals surface area contributed by atoms with Crippen molar-refractivity contribution in [3.05, 3.63) is 12.2 Å². The number of aliphatic hydroxyl groups excluding tert-OH is 3. The molecule has 26 heavy (non-hydrogen) atoms. The maximum Gasteiger partial charge on any atom is 0.114 e. The van der Waals surface area contributed by atoms with Crippen LogP contribution in [0.2, 0.25) is 0 Å². The summed E-state index contributed by atoms with van der Waals surface area (Å²) in [6.07, 6.45) is 15.5. The van der Waals surface area contributed by atoms with Crippen molar-refractivity contribution in [1.82, 2.24) is 0 Å². The topological polar surface area (TPSA) is 79.2 Å². The maximum atomic E-state index is 10.0. The molecule has 0 spiro atoms. The van der Waals surface area contributed by atoms with Crippen molar-refractivity contribution in [2.45, 2.75) is 102 Å². The van der Waals surface area contributed by atoms with E-state index in [0.717, 1.165) is 6.42 Å². The van der Waals surface area contributed by atoms with Gasteiger partial charge in [0.1, 0.15) is 24.4 Å². The van der Waals surface area contributed by atoms with E-state index in [1.54, 1.807) is 0 Å². The quantitative estimate of drug-likeness (QED) is 0.286. The zero-order valence-corrected chi connectivity index (χ0v) is 16.5. The lowest BCUT2D eigenvalue weighted by molar-refractivity contribution is -0.0716. The molecule has 1 aliphatic rings. The Morgan fingerprint density at radius 3 is 2.23 bits per heavy atom. The first-order valence-corrected chi connectivity index (χ1v) is 10.6. The van der Waals surface area contributed by atoms with Crippen LogP contribution in [0.25, 0.3) is 0 Å². The number of hydrogen-bond acceptors (Lipinski definition) is 5. The van der Waals surface area contributed by atoms with E-state index in [2.05, 4.69) is 13.0 Å². The molecule has 0 aromatic rings.